The highest BCUT2D eigenvalue weighted by Crippen LogP contribution is 2.36. The number of carbonyl (C=O) groups is 2. The van der Waals surface area contributed by atoms with E-state index < -0.39 is 5.97 Å². The van der Waals surface area contributed by atoms with Gasteiger partial charge in [0, 0.05) is 11.6 Å². The van der Waals surface area contributed by atoms with Crippen LogP contribution in [0.2, 0.25) is 0 Å². The van der Waals surface area contributed by atoms with Crippen molar-refractivity contribution >= 4 is 17.8 Å². The summed E-state index contributed by atoms with van der Waals surface area (Å²) in [4.78, 5) is 24.0. The van der Waals surface area contributed by atoms with Crippen LogP contribution < -0.4 is 18.9 Å². The van der Waals surface area contributed by atoms with Gasteiger partial charge in [-0.25, -0.2) is 4.79 Å². The van der Waals surface area contributed by atoms with Crippen LogP contribution in [0.1, 0.15) is 22.8 Å². The van der Waals surface area contributed by atoms with E-state index in [4.69, 9.17) is 23.7 Å². The fraction of sp³-hybridized carbons (Fsp3) is 0.238. The van der Waals surface area contributed by atoms with Gasteiger partial charge in [0.2, 0.25) is 5.78 Å². The first kappa shape index (κ1) is 19.3. The Hall–Kier alpha value is -3.48. The summed E-state index contributed by atoms with van der Waals surface area (Å²) in [5.41, 5.74) is 1.06. The van der Waals surface area contributed by atoms with Crippen LogP contribution in [0.25, 0.3) is 6.08 Å². The van der Waals surface area contributed by atoms with Crippen LogP contribution in [0.15, 0.2) is 42.2 Å². The van der Waals surface area contributed by atoms with E-state index in [1.54, 1.807) is 63.6 Å². The van der Waals surface area contributed by atoms with E-state index in [0.29, 0.717) is 34.1 Å². The average Bonchev–Trinajstić information content (AvgIpc) is 3.01. The van der Waals surface area contributed by atoms with E-state index in [1.165, 1.54) is 0 Å². The lowest BCUT2D eigenvalue weighted by Crippen LogP contribution is -2.14. The number of hydrogen-bond donors (Lipinski definition) is 0. The number of ketones is 1. The van der Waals surface area contributed by atoms with Crippen molar-refractivity contribution in [2.24, 2.45) is 0 Å². The number of benzene rings is 2. The highest BCUT2D eigenvalue weighted by Gasteiger charge is 2.28. The summed E-state index contributed by atoms with van der Waals surface area (Å²) < 4.78 is 26.5. The third kappa shape index (κ3) is 4.09. The first-order valence-corrected chi connectivity index (χ1v) is 8.64. The molecule has 0 atom stereocenters. The second-order valence-corrected chi connectivity index (χ2v) is 5.80. The molecule has 0 saturated carbocycles. The molecule has 7 nitrogen and oxygen atoms in total. The monoisotopic (exact) mass is 384 g/mol. The van der Waals surface area contributed by atoms with Crippen molar-refractivity contribution in [3.05, 3.63) is 53.3 Å². The van der Waals surface area contributed by atoms with E-state index in [2.05, 4.69) is 0 Å². The molecule has 3 rings (SSSR count). The number of methoxy groups -OCH3 is 2. The van der Waals surface area contributed by atoms with Crippen LogP contribution in [-0.4, -0.2) is 39.2 Å². The predicted octanol–water partition coefficient (Wildman–Crippen LogP) is 3.26. The Balaban J connectivity index is 1.82. The van der Waals surface area contributed by atoms with Gasteiger partial charge in [-0.15, -0.1) is 0 Å². The number of rotatable bonds is 7. The van der Waals surface area contributed by atoms with Gasteiger partial charge in [0.15, 0.2) is 12.4 Å². The number of ether oxygens (including phenoxy) is 5. The number of esters is 1. The zero-order valence-corrected chi connectivity index (χ0v) is 15.8. The van der Waals surface area contributed by atoms with Crippen molar-refractivity contribution in [3.8, 4) is 23.0 Å². The summed E-state index contributed by atoms with van der Waals surface area (Å²) >= 11 is 0. The summed E-state index contributed by atoms with van der Waals surface area (Å²) in [6, 6.07) is 10.0. The Morgan fingerprint density at radius 3 is 2.57 bits per heavy atom. The highest BCUT2D eigenvalue weighted by molar-refractivity contribution is 6.14. The first-order valence-electron chi connectivity index (χ1n) is 8.64. The predicted molar refractivity (Wildman–Crippen MR) is 101 cm³/mol. The molecule has 0 fully saturated rings. The van der Waals surface area contributed by atoms with Crippen LogP contribution in [0.3, 0.4) is 0 Å². The molecule has 0 aliphatic carbocycles. The lowest BCUT2D eigenvalue weighted by molar-refractivity contribution is -0.145. The first-order chi connectivity index (χ1) is 13.5. The van der Waals surface area contributed by atoms with E-state index in [9.17, 15) is 9.59 Å². The maximum Gasteiger partial charge on any atom is 0.344 e. The molecule has 0 amide bonds. The molecule has 0 aromatic heterocycles. The Labute approximate surface area is 162 Å². The van der Waals surface area contributed by atoms with Gasteiger partial charge >= 0.3 is 5.97 Å². The molecule has 1 aliphatic rings. The number of Topliss-reactive ketones (excluding diaryl/α,β-unsaturated/α-hetero) is 1. The number of carbonyl (C=O) groups excluding carboxylic acids is 2. The number of fused-ring (bicyclic) bond motifs is 1. The Kier molecular flexibility index (Phi) is 5.84. The molecule has 0 N–H and O–H groups in total. The molecule has 0 bridgehead atoms. The molecule has 1 aliphatic heterocycles. The summed E-state index contributed by atoms with van der Waals surface area (Å²) in [6.07, 6.45) is 1.60. The fourth-order valence-corrected chi connectivity index (χ4v) is 2.70. The molecule has 0 spiro atoms. The van der Waals surface area contributed by atoms with Gasteiger partial charge in [0.05, 0.1) is 26.4 Å². The van der Waals surface area contributed by atoms with Crippen LogP contribution in [0, 0.1) is 0 Å². The van der Waals surface area contributed by atoms with Gasteiger partial charge in [0.1, 0.15) is 23.0 Å². The van der Waals surface area contributed by atoms with Crippen molar-refractivity contribution < 1.29 is 33.3 Å². The minimum absolute atomic E-state index is 0.157. The Morgan fingerprint density at radius 2 is 1.86 bits per heavy atom. The smallest absolute Gasteiger partial charge is 0.344 e. The molecular weight excluding hydrogens is 364 g/mol. The van der Waals surface area contributed by atoms with Gasteiger partial charge in [-0.05, 0) is 43.3 Å². The summed E-state index contributed by atoms with van der Waals surface area (Å²) in [6.45, 7) is 1.79. The second-order valence-electron chi connectivity index (χ2n) is 5.80. The zero-order chi connectivity index (χ0) is 20.1. The summed E-state index contributed by atoms with van der Waals surface area (Å²) in [5.74, 6) is 1.41. The molecule has 0 radical (unpaired) electrons. The van der Waals surface area contributed by atoms with Gasteiger partial charge in [-0.2, -0.15) is 0 Å². The summed E-state index contributed by atoms with van der Waals surface area (Å²) in [7, 11) is 3.10. The summed E-state index contributed by atoms with van der Waals surface area (Å²) in [5, 5.41) is 0. The van der Waals surface area contributed by atoms with E-state index in [0.717, 1.165) is 0 Å². The quantitative estimate of drug-likeness (QED) is 0.535. The fourth-order valence-electron chi connectivity index (χ4n) is 2.70. The van der Waals surface area contributed by atoms with Crippen molar-refractivity contribution in [1.29, 1.82) is 0 Å². The molecule has 28 heavy (non-hydrogen) atoms. The molecule has 2 aromatic carbocycles. The van der Waals surface area contributed by atoms with Gasteiger partial charge in [-0.1, -0.05) is 0 Å². The Bertz CT molecular complexity index is 930. The van der Waals surface area contributed by atoms with Crippen LogP contribution in [-0.2, 0) is 9.53 Å². The minimum atomic E-state index is -0.467. The lowest BCUT2D eigenvalue weighted by Gasteiger charge is -2.08. The third-order valence-electron chi connectivity index (χ3n) is 4.03. The normalized spacial score (nSPS) is 13.7. The van der Waals surface area contributed by atoms with Crippen molar-refractivity contribution in [2.45, 2.75) is 6.92 Å². The SMILES string of the molecule is CCOC(=O)COc1ccc2c(c1)O/C(=C\c1cc(OC)ccc1OC)C2=O. The lowest BCUT2D eigenvalue weighted by atomic mass is 10.1. The van der Waals surface area contributed by atoms with E-state index in [-0.39, 0.29) is 24.8 Å². The molecule has 0 unspecified atom stereocenters. The zero-order valence-electron chi connectivity index (χ0n) is 15.8. The number of hydrogen-bond acceptors (Lipinski definition) is 7. The highest BCUT2D eigenvalue weighted by atomic mass is 16.6. The maximum absolute atomic E-state index is 12.6. The molecule has 1 heterocycles. The largest absolute Gasteiger partial charge is 0.497 e. The van der Waals surface area contributed by atoms with Crippen molar-refractivity contribution in [2.75, 3.05) is 27.4 Å². The van der Waals surface area contributed by atoms with E-state index >= 15 is 0 Å². The van der Waals surface area contributed by atoms with E-state index in [1.807, 2.05) is 0 Å². The third-order valence-corrected chi connectivity index (χ3v) is 4.03. The van der Waals surface area contributed by atoms with Crippen LogP contribution in [0.5, 0.6) is 23.0 Å². The van der Waals surface area contributed by atoms with Crippen LogP contribution >= 0.6 is 0 Å². The standard InChI is InChI=1S/C21H20O7/c1-4-26-20(22)12-27-15-5-7-16-18(11-15)28-19(21(16)23)10-13-9-14(24-2)6-8-17(13)25-3/h5-11H,4,12H2,1-3H3/b19-10-. The van der Waals surface area contributed by atoms with Crippen molar-refractivity contribution in [1.82, 2.24) is 0 Å². The molecular formula is C21H20O7. The Morgan fingerprint density at radius 1 is 1.07 bits per heavy atom. The van der Waals surface area contributed by atoms with Gasteiger partial charge in [0.25, 0.3) is 0 Å². The number of allylic oxidation sites excluding steroid dienone is 1. The van der Waals surface area contributed by atoms with Gasteiger partial charge in [-0.3, -0.25) is 4.79 Å². The topological polar surface area (TPSA) is 80.3 Å². The van der Waals surface area contributed by atoms with Crippen LogP contribution in [0.4, 0.5) is 0 Å². The molecule has 146 valence electrons. The minimum Gasteiger partial charge on any atom is -0.497 e. The average molecular weight is 384 g/mol. The van der Waals surface area contributed by atoms with Gasteiger partial charge < -0.3 is 23.7 Å². The molecule has 2 aromatic rings. The second kappa shape index (κ2) is 8.47. The maximum atomic E-state index is 12.6. The molecule has 0 saturated heterocycles. The molecule has 7 heteroatoms. The van der Waals surface area contributed by atoms with Crippen molar-refractivity contribution in [3.63, 3.8) is 0 Å².